The maximum absolute atomic E-state index is 14.1. The predicted octanol–water partition coefficient (Wildman–Crippen LogP) is 4.02. The van der Waals surface area contributed by atoms with E-state index in [-0.39, 0.29) is 30.4 Å². The number of amides is 2. The Balaban J connectivity index is 1.42. The van der Waals surface area contributed by atoms with Crippen LogP contribution in [0.4, 0.5) is 14.9 Å². The number of aromatic carboxylic acids is 1. The number of nitrogens with one attached hydrogen (secondary N) is 2. The third kappa shape index (κ3) is 5.15. The van der Waals surface area contributed by atoms with Crippen molar-refractivity contribution in [3.05, 3.63) is 89.2 Å². The summed E-state index contributed by atoms with van der Waals surface area (Å²) >= 11 is 0. The number of carboxylic acids is 1. The molecule has 2 amide bonds. The lowest BCUT2D eigenvalue weighted by atomic mass is 9.98. The minimum atomic E-state index is -1.27. The van der Waals surface area contributed by atoms with Gasteiger partial charge in [-0.25, -0.2) is 14.0 Å². The van der Waals surface area contributed by atoms with Crippen LogP contribution < -0.4 is 10.6 Å². The first kappa shape index (κ1) is 23.9. The van der Waals surface area contributed by atoms with Crippen LogP contribution in [0.5, 0.6) is 0 Å². The smallest absolute Gasteiger partial charge is 0.407 e. The van der Waals surface area contributed by atoms with Gasteiger partial charge in [0, 0.05) is 13.0 Å². The molecule has 0 saturated heterocycles. The Bertz CT molecular complexity index is 1230. The van der Waals surface area contributed by atoms with Crippen LogP contribution in [0.2, 0.25) is 0 Å². The minimum absolute atomic E-state index is 0.0520. The average Bonchev–Trinajstić information content (AvgIpc) is 3.17. The van der Waals surface area contributed by atoms with Crippen molar-refractivity contribution < 1.29 is 33.4 Å². The van der Waals surface area contributed by atoms with Gasteiger partial charge in [-0.05, 0) is 40.5 Å². The van der Waals surface area contributed by atoms with Crippen molar-refractivity contribution in [1.29, 1.82) is 0 Å². The second-order valence-electron chi connectivity index (χ2n) is 7.97. The van der Waals surface area contributed by atoms with E-state index in [9.17, 15) is 18.8 Å². The van der Waals surface area contributed by atoms with Gasteiger partial charge in [-0.2, -0.15) is 0 Å². The molecular weight excluding hydrogens is 455 g/mol. The number of fused-ring (bicyclic) bond motifs is 3. The molecule has 3 aromatic rings. The van der Waals surface area contributed by atoms with Crippen LogP contribution in [-0.2, 0) is 14.3 Å². The standard InChI is InChI=1S/C26H23FN2O6/c1-34-14-23(24(30)28-22-12-15(25(31)32)10-11-21(22)27)29-26(33)35-13-20-18-8-4-2-6-16(18)17-7-3-5-9-19(17)20/h2-12,20,23H,13-14H2,1H3,(H,28,30)(H,29,33)(H,31,32). The van der Waals surface area contributed by atoms with Gasteiger partial charge in [0.2, 0.25) is 5.91 Å². The van der Waals surface area contributed by atoms with Crippen molar-refractivity contribution in [3.8, 4) is 11.1 Å². The number of hydrogen-bond donors (Lipinski definition) is 3. The Labute approximate surface area is 200 Å². The monoisotopic (exact) mass is 478 g/mol. The lowest BCUT2D eigenvalue weighted by Crippen LogP contribution is -2.47. The van der Waals surface area contributed by atoms with Crippen molar-refractivity contribution in [2.75, 3.05) is 25.6 Å². The molecule has 3 N–H and O–H groups in total. The Morgan fingerprint density at radius 2 is 1.63 bits per heavy atom. The highest BCUT2D eigenvalue weighted by molar-refractivity contribution is 5.98. The van der Waals surface area contributed by atoms with Crippen LogP contribution in [0.1, 0.15) is 27.4 Å². The first-order valence-electron chi connectivity index (χ1n) is 10.8. The summed E-state index contributed by atoms with van der Waals surface area (Å²) in [5.41, 5.74) is 3.72. The Hall–Kier alpha value is -4.24. The first-order chi connectivity index (χ1) is 16.9. The second kappa shape index (κ2) is 10.4. The molecule has 1 aliphatic carbocycles. The van der Waals surface area contributed by atoms with Crippen LogP contribution in [0.3, 0.4) is 0 Å². The summed E-state index contributed by atoms with van der Waals surface area (Å²) in [6.45, 7) is -0.160. The summed E-state index contributed by atoms with van der Waals surface area (Å²) in [6.07, 6.45) is -0.844. The number of rotatable bonds is 8. The average molecular weight is 478 g/mol. The van der Waals surface area contributed by atoms with Crippen molar-refractivity contribution >= 4 is 23.7 Å². The van der Waals surface area contributed by atoms with E-state index in [1.807, 2.05) is 48.5 Å². The van der Waals surface area contributed by atoms with Gasteiger partial charge in [0.25, 0.3) is 0 Å². The number of carbonyl (C=O) groups is 3. The quantitative estimate of drug-likeness (QED) is 0.451. The molecule has 1 aliphatic rings. The third-order valence-electron chi connectivity index (χ3n) is 5.76. The van der Waals surface area contributed by atoms with E-state index in [0.29, 0.717) is 0 Å². The largest absolute Gasteiger partial charge is 0.478 e. The van der Waals surface area contributed by atoms with Gasteiger partial charge in [0.05, 0.1) is 17.9 Å². The van der Waals surface area contributed by atoms with Crippen LogP contribution in [0.25, 0.3) is 11.1 Å². The number of hydrogen-bond acceptors (Lipinski definition) is 5. The summed E-state index contributed by atoms with van der Waals surface area (Å²) in [7, 11) is 1.34. The summed E-state index contributed by atoms with van der Waals surface area (Å²) in [5, 5.41) is 13.8. The lowest BCUT2D eigenvalue weighted by molar-refractivity contribution is -0.119. The highest BCUT2D eigenvalue weighted by Gasteiger charge is 2.30. The molecule has 0 radical (unpaired) electrons. The molecule has 180 valence electrons. The molecule has 0 aliphatic heterocycles. The Kier molecular flexibility index (Phi) is 7.07. The predicted molar refractivity (Wildman–Crippen MR) is 126 cm³/mol. The zero-order valence-electron chi connectivity index (χ0n) is 18.8. The fraction of sp³-hybridized carbons (Fsp3) is 0.192. The van der Waals surface area contributed by atoms with Crippen LogP contribution >= 0.6 is 0 Å². The normalized spacial score (nSPS) is 12.9. The molecular formula is C26H23FN2O6. The molecule has 9 heteroatoms. The molecule has 1 unspecified atom stereocenters. The topological polar surface area (TPSA) is 114 Å². The maximum Gasteiger partial charge on any atom is 0.407 e. The number of anilines is 1. The number of halogens is 1. The van der Waals surface area contributed by atoms with E-state index >= 15 is 0 Å². The van der Waals surface area contributed by atoms with E-state index in [1.165, 1.54) is 7.11 Å². The highest BCUT2D eigenvalue weighted by Crippen LogP contribution is 2.44. The van der Waals surface area contributed by atoms with Gasteiger partial charge in [-0.1, -0.05) is 48.5 Å². The molecule has 0 bridgehead atoms. The number of alkyl carbamates (subject to hydrolysis) is 1. The molecule has 35 heavy (non-hydrogen) atoms. The second-order valence-corrected chi connectivity index (χ2v) is 7.97. The van der Waals surface area contributed by atoms with Crippen molar-refractivity contribution in [2.45, 2.75) is 12.0 Å². The molecule has 0 fully saturated rings. The molecule has 8 nitrogen and oxygen atoms in total. The Morgan fingerprint density at radius 1 is 1.00 bits per heavy atom. The zero-order valence-corrected chi connectivity index (χ0v) is 18.8. The molecule has 0 aromatic heterocycles. The number of ether oxygens (including phenoxy) is 2. The van der Waals surface area contributed by atoms with Crippen molar-refractivity contribution in [2.24, 2.45) is 0 Å². The molecule has 4 rings (SSSR count). The third-order valence-corrected chi connectivity index (χ3v) is 5.76. The van der Waals surface area contributed by atoms with Gasteiger partial charge in [-0.3, -0.25) is 4.79 Å². The van der Waals surface area contributed by atoms with Gasteiger partial charge >= 0.3 is 12.1 Å². The van der Waals surface area contributed by atoms with E-state index in [2.05, 4.69) is 10.6 Å². The number of methoxy groups -OCH3 is 1. The highest BCUT2D eigenvalue weighted by atomic mass is 19.1. The summed E-state index contributed by atoms with van der Waals surface area (Å²) in [6, 6.07) is 17.6. The van der Waals surface area contributed by atoms with Gasteiger partial charge in [0.1, 0.15) is 18.5 Å². The van der Waals surface area contributed by atoms with Gasteiger partial charge in [0.15, 0.2) is 0 Å². The fourth-order valence-electron chi connectivity index (χ4n) is 4.11. The molecule has 0 saturated carbocycles. The summed E-state index contributed by atoms with van der Waals surface area (Å²) in [4.78, 5) is 36.4. The fourth-order valence-corrected chi connectivity index (χ4v) is 4.11. The molecule has 0 spiro atoms. The lowest BCUT2D eigenvalue weighted by Gasteiger charge is -2.19. The van der Waals surface area contributed by atoms with Crippen LogP contribution in [0.15, 0.2) is 66.7 Å². The van der Waals surface area contributed by atoms with Crippen LogP contribution in [-0.4, -0.2) is 49.4 Å². The van der Waals surface area contributed by atoms with Crippen LogP contribution in [0, 0.1) is 5.82 Å². The van der Waals surface area contributed by atoms with E-state index in [1.54, 1.807) is 0 Å². The summed E-state index contributed by atoms with van der Waals surface area (Å²) in [5.74, 6) is -3.04. The molecule has 1 atom stereocenters. The number of benzene rings is 3. The first-order valence-corrected chi connectivity index (χ1v) is 10.8. The summed E-state index contributed by atoms with van der Waals surface area (Å²) < 4.78 is 24.6. The van der Waals surface area contributed by atoms with Gasteiger partial charge in [-0.15, -0.1) is 0 Å². The van der Waals surface area contributed by atoms with E-state index < -0.39 is 29.8 Å². The maximum atomic E-state index is 14.1. The molecule has 3 aromatic carbocycles. The van der Waals surface area contributed by atoms with E-state index in [0.717, 1.165) is 40.5 Å². The van der Waals surface area contributed by atoms with E-state index in [4.69, 9.17) is 14.6 Å². The van der Waals surface area contributed by atoms with Crippen molar-refractivity contribution in [3.63, 3.8) is 0 Å². The minimum Gasteiger partial charge on any atom is -0.478 e. The zero-order chi connectivity index (χ0) is 24.9. The SMILES string of the molecule is COCC(NC(=O)OCC1c2ccccc2-c2ccccc21)C(=O)Nc1cc(C(=O)O)ccc1F. The number of carboxylic acid groups (broad SMARTS) is 1. The van der Waals surface area contributed by atoms with Gasteiger partial charge < -0.3 is 25.2 Å². The molecule has 0 heterocycles. The number of carbonyl (C=O) groups excluding carboxylic acids is 2. The van der Waals surface area contributed by atoms with Crippen molar-refractivity contribution in [1.82, 2.24) is 5.32 Å². The Morgan fingerprint density at radius 3 is 2.23 bits per heavy atom.